The van der Waals surface area contributed by atoms with Gasteiger partial charge in [0.1, 0.15) is 16.8 Å². The van der Waals surface area contributed by atoms with E-state index in [4.69, 9.17) is 0 Å². The minimum Gasteiger partial charge on any atom is -0.383 e. The summed E-state index contributed by atoms with van der Waals surface area (Å²) in [4.78, 5) is 24.8. The van der Waals surface area contributed by atoms with Crippen molar-refractivity contribution in [3.8, 4) is 0 Å². The number of alkyl halides is 3. The number of nitrogens with zero attached hydrogens (tertiary/aromatic N) is 4. The van der Waals surface area contributed by atoms with Crippen molar-refractivity contribution in [1.29, 1.82) is 0 Å². The summed E-state index contributed by atoms with van der Waals surface area (Å²) in [5.41, 5.74) is -1.55. The van der Waals surface area contributed by atoms with Crippen molar-refractivity contribution in [1.82, 2.24) is 19.5 Å². The number of nitrogens with one attached hydrogen (secondary N) is 1. The van der Waals surface area contributed by atoms with Crippen LogP contribution in [-0.2, 0) is 16.6 Å². The first kappa shape index (κ1) is 21.2. The molecule has 0 amide bonds. The molecule has 31 heavy (non-hydrogen) atoms. The highest BCUT2D eigenvalue weighted by atomic mass is 19.4. The van der Waals surface area contributed by atoms with Crippen molar-refractivity contribution in [3.05, 3.63) is 47.9 Å². The number of aliphatic hydroxyl groups is 1. The number of aromatic nitrogens is 4. The predicted molar refractivity (Wildman–Crippen MR) is 107 cm³/mol. The molecule has 3 aromatic heterocycles. The number of carbonyl (C=O) groups is 1. The number of ketones is 1. The Labute approximate surface area is 176 Å². The lowest BCUT2D eigenvalue weighted by atomic mass is 9.93. The molecule has 2 N–H and O–H groups in total. The second-order valence-corrected chi connectivity index (χ2v) is 7.98. The molecule has 1 atom stereocenters. The molecule has 0 spiro atoms. The molecule has 0 bridgehead atoms. The van der Waals surface area contributed by atoms with Crippen LogP contribution in [0.25, 0.3) is 11.2 Å². The van der Waals surface area contributed by atoms with Gasteiger partial charge in [-0.25, -0.2) is 9.97 Å². The Morgan fingerprint density at radius 3 is 2.58 bits per heavy atom. The molecule has 4 rings (SSSR count). The lowest BCUT2D eigenvalue weighted by molar-refractivity contribution is -0.141. The monoisotopic (exact) mass is 433 g/mol. The molecule has 7 nitrogen and oxygen atoms in total. The third kappa shape index (κ3) is 4.39. The van der Waals surface area contributed by atoms with E-state index >= 15 is 0 Å². The summed E-state index contributed by atoms with van der Waals surface area (Å²) in [7, 11) is 0. The van der Waals surface area contributed by atoms with Gasteiger partial charge in [-0.15, -0.1) is 0 Å². The number of pyridine rings is 2. The summed E-state index contributed by atoms with van der Waals surface area (Å²) < 4.78 is 41.0. The Morgan fingerprint density at radius 1 is 1.19 bits per heavy atom. The van der Waals surface area contributed by atoms with Gasteiger partial charge in [0.2, 0.25) is 5.95 Å². The second-order valence-electron chi connectivity index (χ2n) is 7.98. The van der Waals surface area contributed by atoms with Crippen LogP contribution < -0.4 is 5.32 Å². The Balaban J connectivity index is 1.54. The van der Waals surface area contributed by atoms with E-state index in [0.717, 1.165) is 25.3 Å². The molecule has 10 heteroatoms. The average molecular weight is 433 g/mol. The van der Waals surface area contributed by atoms with Crippen molar-refractivity contribution in [2.45, 2.75) is 50.4 Å². The molecule has 3 aromatic rings. The van der Waals surface area contributed by atoms with E-state index in [0.29, 0.717) is 17.2 Å². The summed E-state index contributed by atoms with van der Waals surface area (Å²) in [5.74, 6) is 0.0177. The van der Waals surface area contributed by atoms with Gasteiger partial charge < -0.3 is 10.4 Å². The first-order valence-corrected chi connectivity index (χ1v) is 10.0. The van der Waals surface area contributed by atoms with Crippen LogP contribution in [-0.4, -0.2) is 37.0 Å². The van der Waals surface area contributed by atoms with Crippen LogP contribution in [0.1, 0.15) is 50.0 Å². The van der Waals surface area contributed by atoms with Gasteiger partial charge >= 0.3 is 6.18 Å². The minimum absolute atomic E-state index is 0.0183. The van der Waals surface area contributed by atoms with Gasteiger partial charge in [0.25, 0.3) is 0 Å². The van der Waals surface area contributed by atoms with Gasteiger partial charge in [-0.1, -0.05) is 6.07 Å². The first-order chi connectivity index (χ1) is 14.6. The number of fused-ring (bicyclic) bond motifs is 1. The lowest BCUT2D eigenvalue weighted by Gasteiger charge is -2.29. The van der Waals surface area contributed by atoms with Gasteiger partial charge in [0.05, 0.1) is 12.2 Å². The van der Waals surface area contributed by atoms with Crippen LogP contribution in [0.15, 0.2) is 36.5 Å². The van der Waals surface area contributed by atoms with Crippen LogP contribution in [0.4, 0.5) is 19.1 Å². The van der Waals surface area contributed by atoms with Gasteiger partial charge in [-0.3, -0.25) is 14.3 Å². The fraction of sp³-hybridized carbons (Fsp3) is 0.429. The Bertz CT molecular complexity index is 1090. The average Bonchev–Trinajstić information content (AvgIpc) is 3.02. The SMILES string of the molecule is CC(O)(CC(=O)CNc1nc2ccc(C(F)(F)F)nc2n1C1CCC1)c1ccccn1. The van der Waals surface area contributed by atoms with Crippen LogP contribution in [0, 0.1) is 0 Å². The molecule has 1 unspecified atom stereocenters. The van der Waals surface area contributed by atoms with Gasteiger partial charge in [0.15, 0.2) is 11.4 Å². The van der Waals surface area contributed by atoms with E-state index in [1.165, 1.54) is 19.2 Å². The van der Waals surface area contributed by atoms with Crippen molar-refractivity contribution >= 4 is 22.9 Å². The summed E-state index contributed by atoms with van der Waals surface area (Å²) in [5, 5.41) is 13.5. The topological polar surface area (TPSA) is 92.9 Å². The molecule has 1 saturated carbocycles. The molecule has 1 aliphatic rings. The number of Topliss-reactive ketones (excluding diaryl/α,β-unsaturated/α-hetero) is 1. The second kappa shape index (κ2) is 7.92. The predicted octanol–water partition coefficient (Wildman–Crippen LogP) is 3.85. The molecule has 164 valence electrons. The molecule has 0 aromatic carbocycles. The number of rotatable bonds is 7. The van der Waals surface area contributed by atoms with Crippen molar-refractivity contribution in [2.24, 2.45) is 0 Å². The zero-order valence-corrected chi connectivity index (χ0v) is 16.9. The van der Waals surface area contributed by atoms with E-state index in [2.05, 4.69) is 20.3 Å². The number of anilines is 1. The van der Waals surface area contributed by atoms with Crippen LogP contribution >= 0.6 is 0 Å². The van der Waals surface area contributed by atoms with E-state index in [-0.39, 0.29) is 30.4 Å². The minimum atomic E-state index is -4.55. The van der Waals surface area contributed by atoms with Gasteiger partial charge in [-0.05, 0) is 50.5 Å². The maximum absolute atomic E-state index is 13.1. The zero-order chi connectivity index (χ0) is 22.2. The lowest BCUT2D eigenvalue weighted by Crippen LogP contribution is -2.30. The summed E-state index contributed by atoms with van der Waals surface area (Å²) in [6.07, 6.45) is -0.605. The summed E-state index contributed by atoms with van der Waals surface area (Å²) >= 11 is 0. The van der Waals surface area contributed by atoms with Crippen molar-refractivity contribution in [2.75, 3.05) is 11.9 Å². The third-order valence-electron chi connectivity index (χ3n) is 5.47. The molecule has 3 heterocycles. The smallest absolute Gasteiger partial charge is 0.383 e. The highest BCUT2D eigenvalue weighted by Crippen LogP contribution is 2.38. The zero-order valence-electron chi connectivity index (χ0n) is 16.9. The van der Waals surface area contributed by atoms with Crippen molar-refractivity contribution < 1.29 is 23.1 Å². The van der Waals surface area contributed by atoms with Crippen LogP contribution in [0.5, 0.6) is 0 Å². The molecule has 0 saturated heterocycles. The number of hydrogen-bond acceptors (Lipinski definition) is 6. The quantitative estimate of drug-likeness (QED) is 0.588. The van der Waals surface area contributed by atoms with Crippen LogP contribution in [0.2, 0.25) is 0 Å². The van der Waals surface area contributed by atoms with E-state index < -0.39 is 17.5 Å². The van der Waals surface area contributed by atoms with E-state index in [1.807, 2.05) is 0 Å². The third-order valence-corrected chi connectivity index (χ3v) is 5.47. The van der Waals surface area contributed by atoms with Gasteiger partial charge in [0, 0.05) is 18.7 Å². The number of imidazole rings is 1. The standard InChI is InChI=1S/C21H22F3N5O2/c1-20(31,16-7-2-3-10-25-16)11-14(30)12-26-19-27-15-8-9-17(21(22,23)24)28-18(15)29(19)13-5-4-6-13/h2-3,7-10,13,31H,4-6,11-12H2,1H3,(H,26,27). The molecular weight excluding hydrogens is 411 g/mol. The Hall–Kier alpha value is -3.01. The Kier molecular flexibility index (Phi) is 5.42. The van der Waals surface area contributed by atoms with Gasteiger partial charge in [-0.2, -0.15) is 13.2 Å². The maximum atomic E-state index is 13.1. The number of halogens is 3. The Morgan fingerprint density at radius 2 is 1.97 bits per heavy atom. The van der Waals surface area contributed by atoms with Crippen LogP contribution in [0.3, 0.4) is 0 Å². The molecular formula is C21H22F3N5O2. The van der Waals surface area contributed by atoms with E-state index in [9.17, 15) is 23.1 Å². The fourth-order valence-corrected chi connectivity index (χ4v) is 3.64. The number of hydrogen-bond donors (Lipinski definition) is 2. The highest BCUT2D eigenvalue weighted by Gasteiger charge is 2.34. The molecule has 1 fully saturated rings. The molecule has 1 aliphatic carbocycles. The first-order valence-electron chi connectivity index (χ1n) is 10.0. The molecule has 0 aliphatic heterocycles. The fourth-order valence-electron chi connectivity index (χ4n) is 3.64. The molecule has 0 radical (unpaired) electrons. The largest absolute Gasteiger partial charge is 0.433 e. The van der Waals surface area contributed by atoms with Crippen molar-refractivity contribution in [3.63, 3.8) is 0 Å². The summed E-state index contributed by atoms with van der Waals surface area (Å²) in [6.45, 7) is 1.38. The number of carbonyl (C=O) groups excluding carboxylic acids is 1. The normalized spacial score (nSPS) is 16.7. The summed E-state index contributed by atoms with van der Waals surface area (Å²) in [6, 6.07) is 7.25. The maximum Gasteiger partial charge on any atom is 0.433 e. The highest BCUT2D eigenvalue weighted by molar-refractivity contribution is 5.84. The van der Waals surface area contributed by atoms with E-state index in [1.54, 1.807) is 22.8 Å².